The third-order valence-corrected chi connectivity index (χ3v) is 5.20. The summed E-state index contributed by atoms with van der Waals surface area (Å²) in [5, 5.41) is 17.0. The Labute approximate surface area is 152 Å². The zero-order valence-electron chi connectivity index (χ0n) is 14.9. The van der Waals surface area contributed by atoms with Crippen molar-refractivity contribution in [1.29, 1.82) is 0 Å². The molecule has 0 radical (unpaired) electrons. The maximum Gasteiger partial charge on any atom is 0.270 e. The lowest BCUT2D eigenvalue weighted by atomic mass is 9.92. The number of aliphatic hydroxyl groups excluding tert-OH is 1. The molecule has 0 bridgehead atoms. The zero-order chi connectivity index (χ0) is 18.1. The van der Waals surface area contributed by atoms with Gasteiger partial charge >= 0.3 is 0 Å². The molecule has 1 fully saturated rings. The average Bonchev–Trinajstić information content (AvgIpc) is 3.21. The van der Waals surface area contributed by atoms with Crippen LogP contribution in [0.3, 0.4) is 0 Å². The average molecular weight is 356 g/mol. The normalized spacial score (nSPS) is 23.0. The number of nitrogens with one attached hydrogen (secondary N) is 1. The summed E-state index contributed by atoms with van der Waals surface area (Å²) >= 11 is 0. The summed E-state index contributed by atoms with van der Waals surface area (Å²) in [6.45, 7) is 4.13. The van der Waals surface area contributed by atoms with Crippen LogP contribution in [0.25, 0.3) is 0 Å². The van der Waals surface area contributed by atoms with Crippen LogP contribution >= 0.6 is 0 Å². The van der Waals surface area contributed by atoms with Crippen LogP contribution in [0.1, 0.15) is 46.0 Å². The molecule has 7 nitrogen and oxygen atoms in total. The third kappa shape index (κ3) is 3.64. The Kier molecular flexibility index (Phi) is 4.74. The summed E-state index contributed by atoms with van der Waals surface area (Å²) in [6.07, 6.45) is 2.90. The number of amides is 1. The van der Waals surface area contributed by atoms with Crippen molar-refractivity contribution >= 4 is 5.91 Å². The molecule has 1 aliphatic heterocycles. The number of likely N-dealkylation sites (tertiary alicyclic amines) is 1. The minimum atomic E-state index is -0.244. The Balaban J connectivity index is 1.42. The Hall–Kier alpha value is -2.25. The number of hydrogen-bond donors (Lipinski definition) is 2. The molecule has 2 aromatic heterocycles. The van der Waals surface area contributed by atoms with E-state index < -0.39 is 0 Å². The lowest BCUT2D eigenvalue weighted by Crippen LogP contribution is -2.39. The summed E-state index contributed by atoms with van der Waals surface area (Å²) < 4.78 is 5.51. The largest absolute Gasteiger partial charge is 0.392 e. The minimum absolute atomic E-state index is 0.0552. The van der Waals surface area contributed by atoms with Gasteiger partial charge in [-0.3, -0.25) is 9.69 Å². The molecule has 0 saturated carbocycles. The molecular formula is C19H24N4O3. The van der Waals surface area contributed by atoms with Gasteiger partial charge in [0.15, 0.2) is 0 Å². The number of fused-ring (bicyclic) bond motifs is 1. The van der Waals surface area contributed by atoms with E-state index in [1.165, 1.54) is 0 Å². The molecule has 0 aromatic carbocycles. The van der Waals surface area contributed by atoms with Crippen molar-refractivity contribution < 1.29 is 14.4 Å². The SMILES string of the molecule is Cc1cccc(C(=O)NC2CCc3onc(CN4CC[C@@H](O)C4)c3C2)n1. The van der Waals surface area contributed by atoms with Gasteiger partial charge in [0.2, 0.25) is 0 Å². The highest BCUT2D eigenvalue weighted by atomic mass is 16.5. The second kappa shape index (κ2) is 7.17. The lowest BCUT2D eigenvalue weighted by molar-refractivity contribution is 0.0927. The van der Waals surface area contributed by atoms with Gasteiger partial charge in [-0.1, -0.05) is 11.2 Å². The van der Waals surface area contributed by atoms with Crippen LogP contribution in [0, 0.1) is 6.92 Å². The smallest absolute Gasteiger partial charge is 0.270 e. The van der Waals surface area contributed by atoms with Gasteiger partial charge < -0.3 is 14.9 Å². The van der Waals surface area contributed by atoms with Crippen LogP contribution in [-0.2, 0) is 19.4 Å². The standard InChI is InChI=1S/C19H24N4O3/c1-12-3-2-4-16(20-12)19(25)21-13-5-6-18-15(9-13)17(22-26-18)11-23-8-7-14(24)10-23/h2-4,13-14,24H,5-11H2,1H3,(H,21,25)/t13?,14-/m1/s1. The first-order valence-corrected chi connectivity index (χ1v) is 9.19. The Morgan fingerprint density at radius 2 is 2.31 bits per heavy atom. The second-order valence-corrected chi connectivity index (χ2v) is 7.29. The Morgan fingerprint density at radius 1 is 1.42 bits per heavy atom. The van der Waals surface area contributed by atoms with Crippen LogP contribution in [-0.4, -0.2) is 51.3 Å². The van der Waals surface area contributed by atoms with Crippen molar-refractivity contribution in [3.05, 3.63) is 46.6 Å². The molecule has 26 heavy (non-hydrogen) atoms. The molecule has 2 N–H and O–H groups in total. The summed E-state index contributed by atoms with van der Waals surface area (Å²) in [5.74, 6) is 0.793. The van der Waals surface area contributed by atoms with E-state index in [-0.39, 0.29) is 18.1 Å². The van der Waals surface area contributed by atoms with Gasteiger partial charge in [0.1, 0.15) is 17.1 Å². The van der Waals surface area contributed by atoms with E-state index in [0.29, 0.717) is 18.8 Å². The number of aromatic nitrogens is 2. The van der Waals surface area contributed by atoms with Gasteiger partial charge in [0.05, 0.1) is 6.10 Å². The highest BCUT2D eigenvalue weighted by Crippen LogP contribution is 2.26. The number of aliphatic hydroxyl groups is 1. The monoisotopic (exact) mass is 356 g/mol. The first kappa shape index (κ1) is 17.2. The molecule has 2 atom stereocenters. The van der Waals surface area contributed by atoms with Gasteiger partial charge in [0.25, 0.3) is 5.91 Å². The third-order valence-electron chi connectivity index (χ3n) is 5.20. The Bertz CT molecular complexity index is 804. The van der Waals surface area contributed by atoms with Crippen LogP contribution in [0.5, 0.6) is 0 Å². The number of aryl methyl sites for hydroxylation is 2. The molecule has 4 rings (SSSR count). The fourth-order valence-electron chi connectivity index (χ4n) is 3.81. The summed E-state index contributed by atoms with van der Waals surface area (Å²) in [7, 11) is 0. The molecule has 1 amide bonds. The fraction of sp³-hybridized carbons (Fsp3) is 0.526. The van der Waals surface area contributed by atoms with Crippen molar-refractivity contribution in [3.8, 4) is 0 Å². The van der Waals surface area contributed by atoms with Crippen LogP contribution in [0.15, 0.2) is 22.7 Å². The van der Waals surface area contributed by atoms with E-state index >= 15 is 0 Å². The highest BCUT2D eigenvalue weighted by Gasteiger charge is 2.29. The second-order valence-electron chi connectivity index (χ2n) is 7.29. The van der Waals surface area contributed by atoms with Crippen molar-refractivity contribution in [3.63, 3.8) is 0 Å². The van der Waals surface area contributed by atoms with Gasteiger partial charge in [-0.25, -0.2) is 4.98 Å². The van der Waals surface area contributed by atoms with Crippen molar-refractivity contribution in [1.82, 2.24) is 20.4 Å². The maximum atomic E-state index is 12.5. The van der Waals surface area contributed by atoms with Crippen LogP contribution < -0.4 is 5.32 Å². The van der Waals surface area contributed by atoms with Crippen molar-refractivity contribution in [2.75, 3.05) is 13.1 Å². The zero-order valence-corrected chi connectivity index (χ0v) is 14.9. The van der Waals surface area contributed by atoms with E-state index in [2.05, 4.69) is 20.4 Å². The quantitative estimate of drug-likeness (QED) is 0.856. The summed E-state index contributed by atoms with van der Waals surface area (Å²) in [5.41, 5.74) is 3.33. The first-order chi connectivity index (χ1) is 12.6. The van der Waals surface area contributed by atoms with Gasteiger partial charge in [-0.2, -0.15) is 0 Å². The maximum absolute atomic E-state index is 12.5. The molecule has 0 spiro atoms. The Morgan fingerprint density at radius 3 is 3.08 bits per heavy atom. The number of nitrogens with zero attached hydrogens (tertiary/aromatic N) is 3. The summed E-state index contributed by atoms with van der Waals surface area (Å²) in [4.78, 5) is 19.0. The predicted octanol–water partition coefficient (Wildman–Crippen LogP) is 1.23. The molecule has 7 heteroatoms. The van der Waals surface area contributed by atoms with E-state index in [4.69, 9.17) is 4.52 Å². The van der Waals surface area contributed by atoms with E-state index in [0.717, 1.165) is 54.9 Å². The first-order valence-electron chi connectivity index (χ1n) is 9.19. The number of carbonyl (C=O) groups excluding carboxylic acids is 1. The molecule has 2 aliphatic rings. The highest BCUT2D eigenvalue weighted by molar-refractivity contribution is 5.92. The van der Waals surface area contributed by atoms with E-state index in [1.54, 1.807) is 6.07 Å². The van der Waals surface area contributed by atoms with Gasteiger partial charge in [-0.05, 0) is 38.3 Å². The number of pyridine rings is 1. The number of rotatable bonds is 4. The van der Waals surface area contributed by atoms with E-state index in [1.807, 2.05) is 19.1 Å². The molecule has 2 aromatic rings. The fourth-order valence-corrected chi connectivity index (χ4v) is 3.81. The van der Waals surface area contributed by atoms with E-state index in [9.17, 15) is 9.90 Å². The minimum Gasteiger partial charge on any atom is -0.392 e. The lowest BCUT2D eigenvalue weighted by Gasteiger charge is -2.23. The predicted molar refractivity (Wildman–Crippen MR) is 94.7 cm³/mol. The number of carbonyl (C=O) groups is 1. The molecular weight excluding hydrogens is 332 g/mol. The van der Waals surface area contributed by atoms with Crippen LogP contribution in [0.2, 0.25) is 0 Å². The van der Waals surface area contributed by atoms with Crippen molar-refractivity contribution in [2.45, 2.75) is 51.3 Å². The number of β-amino-alcohol motifs (C(OH)–C–C–N with tert-alkyl or cyclic N) is 1. The molecule has 1 aliphatic carbocycles. The molecule has 1 saturated heterocycles. The molecule has 1 unspecified atom stereocenters. The molecule has 138 valence electrons. The van der Waals surface area contributed by atoms with Gasteiger partial charge in [0, 0.05) is 43.4 Å². The van der Waals surface area contributed by atoms with Gasteiger partial charge in [-0.15, -0.1) is 0 Å². The van der Waals surface area contributed by atoms with Crippen LogP contribution in [0.4, 0.5) is 0 Å². The molecule has 3 heterocycles. The topological polar surface area (TPSA) is 91.5 Å². The van der Waals surface area contributed by atoms with Crippen molar-refractivity contribution in [2.24, 2.45) is 0 Å². The number of hydrogen-bond acceptors (Lipinski definition) is 6. The summed E-state index contributed by atoms with van der Waals surface area (Å²) in [6, 6.07) is 5.51.